The van der Waals surface area contributed by atoms with Gasteiger partial charge in [0.1, 0.15) is 0 Å². The van der Waals surface area contributed by atoms with Crippen LogP contribution in [0.4, 0.5) is 8.78 Å². The Balaban J connectivity index is 2.11. The van der Waals surface area contributed by atoms with E-state index in [-0.39, 0.29) is 17.8 Å². The molecule has 6 nitrogen and oxygen atoms in total. The van der Waals surface area contributed by atoms with Crippen LogP contribution in [0, 0.1) is 11.6 Å². The van der Waals surface area contributed by atoms with Crippen molar-refractivity contribution in [2.24, 2.45) is 5.84 Å². The van der Waals surface area contributed by atoms with E-state index in [1.165, 1.54) is 23.0 Å². The van der Waals surface area contributed by atoms with E-state index in [1.54, 1.807) is 12.1 Å². The van der Waals surface area contributed by atoms with Gasteiger partial charge in [0.25, 0.3) is 5.91 Å². The quantitative estimate of drug-likeness (QED) is 0.434. The van der Waals surface area contributed by atoms with Crippen LogP contribution in [-0.2, 0) is 6.54 Å². The van der Waals surface area contributed by atoms with Crippen molar-refractivity contribution < 1.29 is 13.6 Å². The fraction of sp³-hybridized carbons (Fsp3) is 0.0714. The second kappa shape index (κ2) is 5.49. The van der Waals surface area contributed by atoms with Crippen molar-refractivity contribution >= 4 is 16.9 Å². The van der Waals surface area contributed by atoms with Crippen LogP contribution in [0.3, 0.4) is 0 Å². The van der Waals surface area contributed by atoms with Crippen LogP contribution >= 0.6 is 0 Å². The number of fused-ring (bicyclic) bond motifs is 1. The zero-order valence-electron chi connectivity index (χ0n) is 11.3. The van der Waals surface area contributed by atoms with Crippen LogP contribution in [-0.4, -0.2) is 20.7 Å². The predicted molar refractivity (Wildman–Crippen MR) is 74.6 cm³/mol. The lowest BCUT2D eigenvalue weighted by Gasteiger charge is -2.05. The highest BCUT2D eigenvalue weighted by Gasteiger charge is 2.18. The molecule has 1 aromatic carbocycles. The molecular formula is C14H11F2N5O. The summed E-state index contributed by atoms with van der Waals surface area (Å²) in [4.78, 5) is 15.9. The number of hydrogen-bond donors (Lipinski definition) is 2. The van der Waals surface area contributed by atoms with Crippen LogP contribution < -0.4 is 11.3 Å². The van der Waals surface area contributed by atoms with Crippen LogP contribution in [0.5, 0.6) is 0 Å². The molecule has 0 radical (unpaired) electrons. The average molecular weight is 303 g/mol. The SMILES string of the molecule is NNC(=O)c1nn(Cc2cccc(F)c2F)c2ncccc12. The molecule has 0 fully saturated rings. The van der Waals surface area contributed by atoms with Gasteiger partial charge < -0.3 is 0 Å². The Morgan fingerprint density at radius 1 is 1.27 bits per heavy atom. The summed E-state index contributed by atoms with van der Waals surface area (Å²) in [5.74, 6) is 2.64. The highest BCUT2D eigenvalue weighted by Crippen LogP contribution is 2.19. The Labute approximate surface area is 123 Å². The van der Waals surface area contributed by atoms with Crippen molar-refractivity contribution in [3.05, 3.63) is 59.4 Å². The van der Waals surface area contributed by atoms with Gasteiger partial charge in [-0.2, -0.15) is 5.10 Å². The van der Waals surface area contributed by atoms with Gasteiger partial charge in [0.05, 0.1) is 11.9 Å². The lowest BCUT2D eigenvalue weighted by molar-refractivity contribution is 0.0949. The van der Waals surface area contributed by atoms with Crippen LogP contribution in [0.25, 0.3) is 11.0 Å². The largest absolute Gasteiger partial charge is 0.289 e. The van der Waals surface area contributed by atoms with E-state index in [0.717, 1.165) is 6.07 Å². The number of halogens is 2. The molecule has 0 bridgehead atoms. The summed E-state index contributed by atoms with van der Waals surface area (Å²) in [6.07, 6.45) is 1.52. The summed E-state index contributed by atoms with van der Waals surface area (Å²) in [6.45, 7) is -0.0606. The summed E-state index contributed by atoms with van der Waals surface area (Å²) in [5.41, 5.74) is 2.55. The molecule has 0 aliphatic carbocycles. The molecule has 0 spiro atoms. The number of pyridine rings is 1. The molecule has 2 aromatic heterocycles. The maximum atomic E-state index is 13.8. The predicted octanol–water partition coefficient (Wildman–Crippen LogP) is 1.36. The first-order valence-corrected chi connectivity index (χ1v) is 6.37. The van der Waals surface area contributed by atoms with Gasteiger partial charge in [0, 0.05) is 11.8 Å². The van der Waals surface area contributed by atoms with Gasteiger partial charge in [0.15, 0.2) is 23.0 Å². The van der Waals surface area contributed by atoms with Gasteiger partial charge in [0.2, 0.25) is 0 Å². The number of amides is 1. The standard InChI is InChI=1S/C14H11F2N5O/c15-10-5-1-3-8(11(10)16)7-21-13-9(4-2-6-18-13)12(20-21)14(22)19-17/h1-6H,7,17H2,(H,19,22). The number of benzene rings is 1. The molecule has 8 heteroatoms. The topological polar surface area (TPSA) is 85.8 Å². The molecule has 22 heavy (non-hydrogen) atoms. The number of aromatic nitrogens is 3. The normalized spacial score (nSPS) is 10.9. The number of nitrogens with one attached hydrogen (secondary N) is 1. The number of carbonyl (C=O) groups excluding carboxylic acids is 1. The summed E-state index contributed by atoms with van der Waals surface area (Å²) in [7, 11) is 0. The van der Waals surface area contributed by atoms with E-state index in [2.05, 4.69) is 10.1 Å². The lowest BCUT2D eigenvalue weighted by Crippen LogP contribution is -2.30. The highest BCUT2D eigenvalue weighted by molar-refractivity contribution is 6.03. The third-order valence-electron chi connectivity index (χ3n) is 3.20. The van der Waals surface area contributed by atoms with Gasteiger partial charge in [-0.15, -0.1) is 0 Å². The summed E-state index contributed by atoms with van der Waals surface area (Å²) in [6, 6.07) is 7.17. The number of hydrazine groups is 1. The van der Waals surface area contributed by atoms with Crippen molar-refractivity contribution in [1.29, 1.82) is 0 Å². The first-order valence-electron chi connectivity index (χ1n) is 6.37. The second-order valence-corrected chi connectivity index (χ2v) is 4.57. The number of rotatable bonds is 3. The van der Waals surface area contributed by atoms with Crippen LogP contribution in [0.2, 0.25) is 0 Å². The molecule has 0 unspecified atom stereocenters. The van der Waals surface area contributed by atoms with Gasteiger partial charge in [-0.25, -0.2) is 24.3 Å². The maximum absolute atomic E-state index is 13.8. The molecule has 0 aliphatic rings. The van der Waals surface area contributed by atoms with Crippen molar-refractivity contribution in [1.82, 2.24) is 20.2 Å². The Morgan fingerprint density at radius 3 is 2.86 bits per heavy atom. The Morgan fingerprint density at radius 2 is 2.09 bits per heavy atom. The van der Waals surface area contributed by atoms with E-state index < -0.39 is 17.5 Å². The Hall–Kier alpha value is -2.87. The average Bonchev–Trinajstić information content (AvgIpc) is 2.90. The molecule has 0 atom stereocenters. The first-order chi connectivity index (χ1) is 10.6. The van der Waals surface area contributed by atoms with Crippen molar-refractivity contribution in [2.75, 3.05) is 0 Å². The molecular weight excluding hydrogens is 292 g/mol. The summed E-state index contributed by atoms with van der Waals surface area (Å²) >= 11 is 0. The number of nitrogen functional groups attached to an aromatic ring is 1. The van der Waals surface area contributed by atoms with Gasteiger partial charge >= 0.3 is 0 Å². The molecule has 3 rings (SSSR count). The Bertz CT molecular complexity index is 862. The molecule has 112 valence electrons. The van der Waals surface area contributed by atoms with Gasteiger partial charge in [-0.3, -0.25) is 10.2 Å². The molecule has 3 N–H and O–H groups in total. The molecule has 0 saturated carbocycles. The van der Waals surface area contributed by atoms with E-state index in [1.807, 2.05) is 5.43 Å². The minimum atomic E-state index is -0.952. The molecule has 1 amide bonds. The number of hydrogen-bond acceptors (Lipinski definition) is 4. The van der Waals surface area contributed by atoms with Crippen LogP contribution in [0.1, 0.15) is 16.1 Å². The summed E-state index contributed by atoms with van der Waals surface area (Å²) < 4.78 is 28.4. The smallest absolute Gasteiger partial charge is 0.286 e. The van der Waals surface area contributed by atoms with Crippen LogP contribution in [0.15, 0.2) is 36.5 Å². The fourth-order valence-electron chi connectivity index (χ4n) is 2.19. The maximum Gasteiger partial charge on any atom is 0.286 e. The first kappa shape index (κ1) is 14.1. The third-order valence-corrected chi connectivity index (χ3v) is 3.20. The van der Waals surface area contributed by atoms with Gasteiger partial charge in [-0.05, 0) is 18.2 Å². The van der Waals surface area contributed by atoms with E-state index >= 15 is 0 Å². The second-order valence-electron chi connectivity index (χ2n) is 4.57. The number of nitrogens with zero attached hydrogens (tertiary/aromatic N) is 3. The molecule has 0 saturated heterocycles. The zero-order valence-corrected chi connectivity index (χ0v) is 11.3. The zero-order chi connectivity index (χ0) is 15.7. The molecule has 2 heterocycles. The van der Waals surface area contributed by atoms with Gasteiger partial charge in [-0.1, -0.05) is 12.1 Å². The fourth-order valence-corrected chi connectivity index (χ4v) is 2.19. The Kier molecular flexibility index (Phi) is 3.51. The number of carbonyl (C=O) groups is 1. The third kappa shape index (κ3) is 2.29. The highest BCUT2D eigenvalue weighted by atomic mass is 19.2. The van der Waals surface area contributed by atoms with Crippen molar-refractivity contribution in [2.45, 2.75) is 6.54 Å². The van der Waals surface area contributed by atoms with E-state index in [4.69, 9.17) is 5.84 Å². The molecule has 0 aliphatic heterocycles. The number of nitrogens with two attached hydrogens (primary N) is 1. The van der Waals surface area contributed by atoms with Crippen molar-refractivity contribution in [3.8, 4) is 0 Å². The summed E-state index contributed by atoms with van der Waals surface area (Å²) in [5, 5.41) is 4.57. The minimum absolute atomic E-state index is 0.0606. The van der Waals surface area contributed by atoms with Crippen molar-refractivity contribution in [3.63, 3.8) is 0 Å². The lowest BCUT2D eigenvalue weighted by atomic mass is 10.2. The molecule has 3 aromatic rings. The monoisotopic (exact) mass is 303 g/mol. The van der Waals surface area contributed by atoms with E-state index in [9.17, 15) is 13.6 Å². The minimum Gasteiger partial charge on any atom is -0.289 e. The van der Waals surface area contributed by atoms with E-state index in [0.29, 0.717) is 11.0 Å².